The van der Waals surface area contributed by atoms with Crippen LogP contribution in [0.5, 0.6) is 5.75 Å². The highest BCUT2D eigenvalue weighted by molar-refractivity contribution is 6.02. The van der Waals surface area contributed by atoms with Gasteiger partial charge in [-0.3, -0.25) is 14.4 Å². The first kappa shape index (κ1) is 24.2. The number of rotatable bonds is 6. The molecule has 36 heavy (non-hydrogen) atoms. The number of benzene rings is 1. The highest BCUT2D eigenvalue weighted by Crippen LogP contribution is 2.47. The maximum atomic E-state index is 13.8. The van der Waals surface area contributed by atoms with E-state index in [9.17, 15) is 19.6 Å². The van der Waals surface area contributed by atoms with E-state index in [2.05, 4.69) is 21.7 Å². The second-order valence-corrected chi connectivity index (χ2v) is 10.5. The Morgan fingerprint density at radius 2 is 2.11 bits per heavy atom. The summed E-state index contributed by atoms with van der Waals surface area (Å²) in [5.41, 5.74) is 1.14. The fourth-order valence-electron chi connectivity index (χ4n) is 6.31. The highest BCUT2D eigenvalue weighted by Gasteiger charge is 2.49. The van der Waals surface area contributed by atoms with Gasteiger partial charge in [0.1, 0.15) is 23.5 Å². The smallest absolute Gasteiger partial charge is 0.271 e. The van der Waals surface area contributed by atoms with E-state index < -0.39 is 12.1 Å². The summed E-state index contributed by atoms with van der Waals surface area (Å²) < 4.78 is 5.45. The molecule has 1 spiro atoms. The van der Waals surface area contributed by atoms with Crippen LogP contribution in [0.1, 0.15) is 61.9 Å². The summed E-state index contributed by atoms with van der Waals surface area (Å²) in [7, 11) is 1.59. The van der Waals surface area contributed by atoms with Gasteiger partial charge in [-0.05, 0) is 55.7 Å². The lowest BCUT2D eigenvalue weighted by Crippen LogP contribution is -2.49. The van der Waals surface area contributed by atoms with E-state index >= 15 is 0 Å². The van der Waals surface area contributed by atoms with Gasteiger partial charge in [0.2, 0.25) is 11.8 Å². The number of hydrogen-bond acceptors (Lipinski definition) is 5. The largest absolute Gasteiger partial charge is 0.496 e. The number of likely N-dealkylation sites (tertiary alicyclic amines) is 1. The number of ether oxygens (including phenoxy) is 1. The fraction of sp³-hybridized carbons (Fsp3) is 0.556. The zero-order valence-electron chi connectivity index (χ0n) is 20.6. The minimum absolute atomic E-state index is 0.0717. The second-order valence-electron chi connectivity index (χ2n) is 10.5. The summed E-state index contributed by atoms with van der Waals surface area (Å²) >= 11 is 0. The average molecular weight is 492 g/mol. The van der Waals surface area contributed by atoms with E-state index in [0.717, 1.165) is 36.6 Å². The SMILES string of the molecule is COc1cccc2[nH]c(C(=O)N3CC4(CCCCC4)CC3C(=O)NC(C#N)C[C@@H]3CCNC3=O)cc12. The Morgan fingerprint density at radius 3 is 2.81 bits per heavy atom. The number of methoxy groups -OCH3 is 1. The first-order valence-corrected chi connectivity index (χ1v) is 12.9. The van der Waals surface area contributed by atoms with Gasteiger partial charge in [-0.1, -0.05) is 25.3 Å². The predicted octanol–water partition coefficient (Wildman–Crippen LogP) is 2.88. The maximum absolute atomic E-state index is 13.8. The zero-order valence-corrected chi connectivity index (χ0v) is 20.6. The topological polar surface area (TPSA) is 127 Å². The Balaban J connectivity index is 1.39. The molecule has 2 aromatic rings. The van der Waals surface area contributed by atoms with Crippen molar-refractivity contribution in [2.45, 2.75) is 63.5 Å². The van der Waals surface area contributed by atoms with Crippen LogP contribution in [0.15, 0.2) is 24.3 Å². The van der Waals surface area contributed by atoms with Gasteiger partial charge in [0.15, 0.2) is 0 Å². The van der Waals surface area contributed by atoms with Crippen molar-refractivity contribution in [2.24, 2.45) is 11.3 Å². The van der Waals surface area contributed by atoms with Gasteiger partial charge in [0, 0.05) is 29.9 Å². The standard InChI is InChI=1S/C27H33N5O4/c1-36-23-7-5-6-20-19(23)13-21(31-20)26(35)32-16-27(9-3-2-4-10-27)14-22(32)25(34)30-18(15-28)12-17-8-11-29-24(17)33/h5-7,13,17-18,22,31H,2-4,8-12,14,16H2,1H3,(H,29,33)(H,30,34)/t17-,18?,22?/m0/s1. The molecule has 1 aromatic carbocycles. The van der Waals surface area contributed by atoms with E-state index in [4.69, 9.17) is 4.74 Å². The molecule has 2 saturated heterocycles. The fourth-order valence-corrected chi connectivity index (χ4v) is 6.31. The molecule has 2 unspecified atom stereocenters. The van der Waals surface area contributed by atoms with Crippen molar-refractivity contribution >= 4 is 28.6 Å². The number of aromatic nitrogens is 1. The molecule has 9 nitrogen and oxygen atoms in total. The van der Waals surface area contributed by atoms with Gasteiger partial charge in [0.25, 0.3) is 5.91 Å². The molecule has 0 radical (unpaired) electrons. The minimum Gasteiger partial charge on any atom is -0.496 e. The molecule has 190 valence electrons. The first-order valence-electron chi connectivity index (χ1n) is 12.9. The first-order chi connectivity index (χ1) is 17.4. The quantitative estimate of drug-likeness (QED) is 0.573. The lowest BCUT2D eigenvalue weighted by atomic mass is 9.72. The molecular weight excluding hydrogens is 458 g/mol. The molecule has 3 heterocycles. The molecule has 1 aromatic heterocycles. The second kappa shape index (κ2) is 9.84. The highest BCUT2D eigenvalue weighted by atomic mass is 16.5. The number of H-pyrrole nitrogens is 1. The third-order valence-corrected chi connectivity index (χ3v) is 8.22. The summed E-state index contributed by atoms with van der Waals surface area (Å²) in [6.07, 6.45) is 6.88. The van der Waals surface area contributed by atoms with Gasteiger partial charge in [0.05, 0.1) is 13.2 Å². The van der Waals surface area contributed by atoms with E-state index in [-0.39, 0.29) is 35.5 Å². The van der Waals surface area contributed by atoms with Gasteiger partial charge >= 0.3 is 0 Å². The summed E-state index contributed by atoms with van der Waals surface area (Å²) in [5, 5.41) is 16.1. The predicted molar refractivity (Wildman–Crippen MR) is 133 cm³/mol. The molecule has 5 rings (SSSR count). The summed E-state index contributed by atoms with van der Waals surface area (Å²) in [6, 6.07) is 8.10. The van der Waals surface area contributed by atoms with Crippen molar-refractivity contribution in [1.29, 1.82) is 5.26 Å². The van der Waals surface area contributed by atoms with Crippen LogP contribution in [0, 0.1) is 22.7 Å². The summed E-state index contributed by atoms with van der Waals surface area (Å²) in [4.78, 5) is 44.2. The van der Waals surface area contributed by atoms with Crippen molar-refractivity contribution in [2.75, 3.05) is 20.2 Å². The third-order valence-electron chi connectivity index (χ3n) is 8.22. The molecule has 1 aliphatic carbocycles. The van der Waals surface area contributed by atoms with Crippen molar-refractivity contribution < 1.29 is 19.1 Å². The van der Waals surface area contributed by atoms with E-state index in [1.54, 1.807) is 18.1 Å². The molecular formula is C27H33N5O4. The number of nitrogens with one attached hydrogen (secondary N) is 3. The van der Waals surface area contributed by atoms with Crippen LogP contribution in [0.4, 0.5) is 0 Å². The van der Waals surface area contributed by atoms with Crippen LogP contribution in [0.3, 0.4) is 0 Å². The number of amides is 3. The molecule has 3 atom stereocenters. The third kappa shape index (κ3) is 4.52. The molecule has 1 saturated carbocycles. The van der Waals surface area contributed by atoms with Gasteiger partial charge < -0.3 is 25.3 Å². The van der Waals surface area contributed by atoms with Crippen LogP contribution in [-0.2, 0) is 9.59 Å². The van der Waals surface area contributed by atoms with Crippen LogP contribution in [0.25, 0.3) is 10.9 Å². The number of nitriles is 1. The Kier molecular flexibility index (Phi) is 6.61. The number of hydrogen-bond donors (Lipinski definition) is 3. The van der Waals surface area contributed by atoms with E-state index in [0.29, 0.717) is 37.4 Å². The lowest BCUT2D eigenvalue weighted by molar-refractivity contribution is -0.126. The summed E-state index contributed by atoms with van der Waals surface area (Å²) in [5.74, 6) is -0.209. The van der Waals surface area contributed by atoms with Crippen LogP contribution < -0.4 is 15.4 Å². The van der Waals surface area contributed by atoms with E-state index in [1.165, 1.54) is 6.42 Å². The normalized spacial score (nSPS) is 23.9. The van der Waals surface area contributed by atoms with Gasteiger partial charge in [-0.15, -0.1) is 0 Å². The van der Waals surface area contributed by atoms with Crippen molar-refractivity contribution in [3.05, 3.63) is 30.0 Å². The Bertz CT molecular complexity index is 1210. The van der Waals surface area contributed by atoms with Crippen LogP contribution >= 0.6 is 0 Å². The van der Waals surface area contributed by atoms with Crippen molar-refractivity contribution in [1.82, 2.24) is 20.5 Å². The van der Waals surface area contributed by atoms with Crippen LogP contribution in [-0.4, -0.2) is 59.9 Å². The number of fused-ring (bicyclic) bond motifs is 1. The Morgan fingerprint density at radius 1 is 1.31 bits per heavy atom. The molecule has 2 aliphatic heterocycles. The van der Waals surface area contributed by atoms with Crippen molar-refractivity contribution in [3.8, 4) is 11.8 Å². The van der Waals surface area contributed by atoms with Gasteiger partial charge in [-0.2, -0.15) is 5.26 Å². The Hall–Kier alpha value is -3.54. The van der Waals surface area contributed by atoms with Crippen LogP contribution in [0.2, 0.25) is 0 Å². The molecule has 0 bridgehead atoms. The van der Waals surface area contributed by atoms with Crippen molar-refractivity contribution in [3.63, 3.8) is 0 Å². The summed E-state index contributed by atoms with van der Waals surface area (Å²) in [6.45, 7) is 1.12. The molecule has 9 heteroatoms. The lowest BCUT2D eigenvalue weighted by Gasteiger charge is -2.32. The molecule has 3 amide bonds. The monoisotopic (exact) mass is 491 g/mol. The van der Waals surface area contributed by atoms with Gasteiger partial charge in [-0.25, -0.2) is 0 Å². The average Bonchev–Trinajstić information content (AvgIpc) is 3.60. The van der Waals surface area contributed by atoms with E-state index in [1.807, 2.05) is 18.2 Å². The molecule has 3 aliphatic rings. The zero-order chi connectivity index (χ0) is 25.3. The maximum Gasteiger partial charge on any atom is 0.271 e. The number of carbonyl (C=O) groups is 3. The molecule has 3 fully saturated rings. The minimum atomic E-state index is -0.774. The number of carbonyl (C=O) groups excluding carboxylic acids is 3. The molecule has 3 N–H and O–H groups in total. The number of aromatic amines is 1. The number of nitrogens with zero attached hydrogens (tertiary/aromatic N) is 2. The Labute approximate surface area is 210 Å².